The van der Waals surface area contributed by atoms with Crippen LogP contribution in [0.3, 0.4) is 0 Å². The van der Waals surface area contributed by atoms with E-state index in [0.717, 1.165) is 5.56 Å². The standard InChI is InChI=1S/C22H16N4O5/c27-21-17-10-4-5-11-18(17)24-22(28)25(21)23-13-16-9-6-12-19(26(29)30)20(16)31-14-15-7-2-1-3-8-15/h1-13H,14H2,(H,24,28). The molecule has 1 N–H and O–H groups in total. The number of fused-ring (bicyclic) bond motifs is 1. The molecule has 1 aromatic heterocycles. The Labute approximate surface area is 175 Å². The minimum Gasteiger partial charge on any atom is -0.481 e. The summed E-state index contributed by atoms with van der Waals surface area (Å²) in [4.78, 5) is 38.4. The molecule has 1 heterocycles. The average Bonchev–Trinajstić information content (AvgIpc) is 2.78. The molecule has 0 amide bonds. The number of nitro groups is 1. The maximum atomic E-state index is 12.6. The number of para-hydroxylation sites is 2. The van der Waals surface area contributed by atoms with E-state index in [2.05, 4.69) is 10.1 Å². The van der Waals surface area contributed by atoms with Crippen LogP contribution in [-0.4, -0.2) is 20.8 Å². The number of rotatable bonds is 6. The van der Waals surface area contributed by atoms with Crippen molar-refractivity contribution in [1.29, 1.82) is 0 Å². The summed E-state index contributed by atoms with van der Waals surface area (Å²) in [5, 5.41) is 15.8. The normalized spacial score (nSPS) is 11.1. The highest BCUT2D eigenvalue weighted by atomic mass is 16.6. The first-order valence-corrected chi connectivity index (χ1v) is 9.27. The molecule has 0 fully saturated rings. The molecule has 9 heteroatoms. The van der Waals surface area contributed by atoms with Crippen molar-refractivity contribution >= 4 is 22.8 Å². The van der Waals surface area contributed by atoms with Gasteiger partial charge in [-0.05, 0) is 23.8 Å². The van der Waals surface area contributed by atoms with Gasteiger partial charge in [0, 0.05) is 11.6 Å². The summed E-state index contributed by atoms with van der Waals surface area (Å²) in [7, 11) is 0. The fourth-order valence-corrected chi connectivity index (χ4v) is 3.05. The monoisotopic (exact) mass is 416 g/mol. The summed E-state index contributed by atoms with van der Waals surface area (Å²) in [6.45, 7) is 0.100. The summed E-state index contributed by atoms with van der Waals surface area (Å²) in [5.41, 5.74) is -0.105. The fourth-order valence-electron chi connectivity index (χ4n) is 3.05. The predicted molar refractivity (Wildman–Crippen MR) is 116 cm³/mol. The molecule has 4 rings (SSSR count). The lowest BCUT2D eigenvalue weighted by Gasteiger charge is -2.09. The van der Waals surface area contributed by atoms with Crippen molar-refractivity contribution in [3.8, 4) is 5.75 Å². The molecule has 0 saturated heterocycles. The van der Waals surface area contributed by atoms with Crippen LogP contribution in [0.15, 0.2) is 87.5 Å². The number of nitrogens with zero attached hydrogens (tertiary/aromatic N) is 3. The van der Waals surface area contributed by atoms with Gasteiger partial charge >= 0.3 is 11.4 Å². The molecule has 0 radical (unpaired) electrons. The Kier molecular flexibility index (Phi) is 5.39. The number of hydrogen-bond donors (Lipinski definition) is 1. The van der Waals surface area contributed by atoms with E-state index >= 15 is 0 Å². The highest BCUT2D eigenvalue weighted by Gasteiger charge is 2.18. The number of nitro benzene ring substituents is 1. The Hall–Kier alpha value is -4.53. The van der Waals surface area contributed by atoms with Crippen LogP contribution in [0.5, 0.6) is 5.75 Å². The number of aromatic nitrogens is 2. The van der Waals surface area contributed by atoms with Gasteiger partial charge < -0.3 is 9.72 Å². The lowest BCUT2D eigenvalue weighted by molar-refractivity contribution is -0.385. The molecule has 4 aromatic rings. The van der Waals surface area contributed by atoms with Gasteiger partial charge in [-0.25, -0.2) is 4.79 Å². The van der Waals surface area contributed by atoms with Crippen molar-refractivity contribution in [3.63, 3.8) is 0 Å². The summed E-state index contributed by atoms with van der Waals surface area (Å²) in [5.74, 6) is -0.00892. The van der Waals surface area contributed by atoms with Crippen LogP contribution in [0, 0.1) is 10.1 Å². The van der Waals surface area contributed by atoms with Crippen molar-refractivity contribution in [2.75, 3.05) is 0 Å². The van der Waals surface area contributed by atoms with E-state index in [1.807, 2.05) is 30.3 Å². The third-order valence-corrected chi connectivity index (χ3v) is 4.54. The lowest BCUT2D eigenvalue weighted by Crippen LogP contribution is -2.32. The minimum absolute atomic E-state index is 0.00892. The summed E-state index contributed by atoms with van der Waals surface area (Å²) in [6.07, 6.45) is 1.19. The van der Waals surface area contributed by atoms with Gasteiger partial charge in [-0.1, -0.05) is 48.5 Å². The molecule has 0 unspecified atom stereocenters. The first kappa shape index (κ1) is 19.8. The molecule has 0 spiro atoms. The molecule has 31 heavy (non-hydrogen) atoms. The topological polar surface area (TPSA) is 120 Å². The van der Waals surface area contributed by atoms with Crippen LogP contribution >= 0.6 is 0 Å². The smallest absolute Gasteiger partial charge is 0.349 e. The van der Waals surface area contributed by atoms with Gasteiger partial charge in [0.2, 0.25) is 5.75 Å². The van der Waals surface area contributed by atoms with Gasteiger partial charge in [0.05, 0.1) is 22.0 Å². The van der Waals surface area contributed by atoms with E-state index in [1.165, 1.54) is 18.3 Å². The second-order valence-corrected chi connectivity index (χ2v) is 6.56. The Morgan fingerprint density at radius 3 is 2.52 bits per heavy atom. The number of H-pyrrole nitrogens is 1. The third kappa shape index (κ3) is 4.10. The van der Waals surface area contributed by atoms with Crippen molar-refractivity contribution in [1.82, 2.24) is 9.66 Å². The highest BCUT2D eigenvalue weighted by molar-refractivity contribution is 5.86. The number of nitrogens with one attached hydrogen (secondary N) is 1. The van der Waals surface area contributed by atoms with Crippen LogP contribution in [0.4, 0.5) is 5.69 Å². The zero-order valence-corrected chi connectivity index (χ0v) is 16.1. The minimum atomic E-state index is -0.725. The fraction of sp³-hybridized carbons (Fsp3) is 0.0455. The van der Waals surface area contributed by atoms with Crippen molar-refractivity contribution in [2.45, 2.75) is 6.61 Å². The molecular formula is C22H16N4O5. The first-order valence-electron chi connectivity index (χ1n) is 9.27. The van der Waals surface area contributed by atoms with Crippen molar-refractivity contribution < 1.29 is 9.66 Å². The second-order valence-electron chi connectivity index (χ2n) is 6.56. The Balaban J connectivity index is 1.75. The van der Waals surface area contributed by atoms with Gasteiger partial charge in [0.25, 0.3) is 5.56 Å². The quantitative estimate of drug-likeness (QED) is 0.294. The maximum absolute atomic E-state index is 12.6. The highest BCUT2D eigenvalue weighted by Crippen LogP contribution is 2.30. The SMILES string of the molecule is O=c1[nH]c2ccccc2c(=O)n1N=Cc1cccc([N+](=O)[O-])c1OCc1ccccc1. The number of ether oxygens (including phenoxy) is 1. The van der Waals surface area contributed by atoms with E-state index in [9.17, 15) is 19.7 Å². The molecular weight excluding hydrogens is 400 g/mol. The maximum Gasteiger partial charge on any atom is 0.349 e. The van der Waals surface area contributed by atoms with Gasteiger partial charge in [-0.2, -0.15) is 5.10 Å². The number of hydrogen-bond acceptors (Lipinski definition) is 6. The molecule has 0 bridgehead atoms. The Morgan fingerprint density at radius 2 is 1.74 bits per heavy atom. The summed E-state index contributed by atoms with van der Waals surface area (Å²) >= 11 is 0. The zero-order chi connectivity index (χ0) is 21.8. The first-order chi connectivity index (χ1) is 15.0. The summed E-state index contributed by atoms with van der Waals surface area (Å²) in [6, 6.07) is 20.1. The molecule has 3 aromatic carbocycles. The number of aromatic amines is 1. The van der Waals surface area contributed by atoms with Crippen molar-refractivity contribution in [3.05, 3.63) is 115 Å². The number of benzene rings is 3. The molecule has 0 aliphatic carbocycles. The van der Waals surface area contributed by atoms with E-state index in [4.69, 9.17) is 4.74 Å². The second kappa shape index (κ2) is 8.46. The average molecular weight is 416 g/mol. The Morgan fingerprint density at radius 1 is 1.00 bits per heavy atom. The molecule has 0 aliphatic rings. The molecule has 9 nitrogen and oxygen atoms in total. The molecule has 154 valence electrons. The van der Waals surface area contributed by atoms with Crippen LogP contribution in [-0.2, 0) is 6.61 Å². The third-order valence-electron chi connectivity index (χ3n) is 4.54. The largest absolute Gasteiger partial charge is 0.481 e. The molecule has 0 aliphatic heterocycles. The van der Waals surface area contributed by atoms with Crippen molar-refractivity contribution in [2.24, 2.45) is 5.10 Å². The molecule has 0 atom stereocenters. The molecule has 0 saturated carbocycles. The van der Waals surface area contributed by atoms with Crippen LogP contribution < -0.4 is 16.0 Å². The summed E-state index contributed by atoms with van der Waals surface area (Å²) < 4.78 is 6.40. The van der Waals surface area contributed by atoms with E-state index < -0.39 is 16.2 Å². The van der Waals surface area contributed by atoms with E-state index in [0.29, 0.717) is 15.6 Å². The van der Waals surface area contributed by atoms with Gasteiger partial charge in [0.1, 0.15) is 6.61 Å². The predicted octanol–water partition coefficient (Wildman–Crippen LogP) is 3.06. The lowest BCUT2D eigenvalue weighted by atomic mass is 10.2. The van der Waals surface area contributed by atoms with E-state index in [-0.39, 0.29) is 23.6 Å². The van der Waals surface area contributed by atoms with Gasteiger partial charge in [-0.3, -0.25) is 14.9 Å². The van der Waals surface area contributed by atoms with Crippen LogP contribution in [0.2, 0.25) is 0 Å². The van der Waals surface area contributed by atoms with Gasteiger partial charge in [-0.15, -0.1) is 4.68 Å². The zero-order valence-electron chi connectivity index (χ0n) is 16.1. The van der Waals surface area contributed by atoms with Crippen LogP contribution in [0.1, 0.15) is 11.1 Å². The van der Waals surface area contributed by atoms with Crippen LogP contribution in [0.25, 0.3) is 10.9 Å². The van der Waals surface area contributed by atoms with Gasteiger partial charge in [0.15, 0.2) is 0 Å². The van der Waals surface area contributed by atoms with E-state index in [1.54, 1.807) is 30.3 Å². The Bertz CT molecular complexity index is 1410.